The first-order chi connectivity index (χ1) is 8.10. The van der Waals surface area contributed by atoms with Crippen molar-refractivity contribution in [3.05, 3.63) is 35.9 Å². The van der Waals surface area contributed by atoms with Crippen LogP contribution in [0.5, 0.6) is 0 Å². The van der Waals surface area contributed by atoms with Crippen molar-refractivity contribution in [1.82, 2.24) is 0 Å². The molecule has 2 nitrogen and oxygen atoms in total. The lowest BCUT2D eigenvalue weighted by Crippen LogP contribution is -2.75. The molecule has 4 rings (SSSR count). The van der Waals surface area contributed by atoms with Crippen LogP contribution >= 0.6 is 0 Å². The minimum Gasteiger partial charge on any atom is -0.311 e. The van der Waals surface area contributed by atoms with Crippen LogP contribution in [0.25, 0.3) is 0 Å². The second kappa shape index (κ2) is 3.79. The Balaban J connectivity index is 1.79. The molecular formula is C14H21FN2+2. The second-order valence-corrected chi connectivity index (χ2v) is 5.97. The van der Waals surface area contributed by atoms with Crippen LogP contribution in [0.1, 0.15) is 5.56 Å². The molecular weight excluding hydrogens is 215 g/mol. The van der Waals surface area contributed by atoms with Crippen molar-refractivity contribution in [2.24, 2.45) is 0 Å². The molecule has 92 valence electrons. The molecule has 17 heavy (non-hydrogen) atoms. The van der Waals surface area contributed by atoms with Gasteiger partial charge in [0, 0.05) is 6.42 Å². The van der Waals surface area contributed by atoms with E-state index in [-0.39, 0.29) is 10.7 Å². The average Bonchev–Trinajstić information content (AvgIpc) is 2.33. The maximum absolute atomic E-state index is 14.8. The number of halogens is 1. The summed E-state index contributed by atoms with van der Waals surface area (Å²) in [7, 11) is 2.28. The smallest absolute Gasteiger partial charge is 0.178 e. The summed E-state index contributed by atoms with van der Waals surface area (Å²) in [5, 5.41) is 0. The van der Waals surface area contributed by atoms with Gasteiger partial charge in [-0.3, -0.25) is 0 Å². The van der Waals surface area contributed by atoms with Crippen LogP contribution in [0.15, 0.2) is 30.3 Å². The zero-order chi connectivity index (χ0) is 11.9. The van der Waals surface area contributed by atoms with Crippen molar-refractivity contribution < 1.29 is 13.7 Å². The highest BCUT2D eigenvalue weighted by atomic mass is 19.2. The van der Waals surface area contributed by atoms with E-state index in [2.05, 4.69) is 19.2 Å². The Bertz CT molecular complexity index is 396. The molecule has 1 atom stereocenters. The summed E-state index contributed by atoms with van der Waals surface area (Å²) in [5.41, 5.74) is 1.27. The molecule has 0 aromatic heterocycles. The maximum atomic E-state index is 14.8. The Morgan fingerprint density at radius 3 is 2.41 bits per heavy atom. The van der Waals surface area contributed by atoms with E-state index in [1.54, 1.807) is 0 Å². The van der Waals surface area contributed by atoms with E-state index < -0.39 is 0 Å². The predicted molar refractivity (Wildman–Crippen MR) is 65.8 cm³/mol. The third kappa shape index (κ3) is 1.98. The molecule has 0 radical (unpaired) electrons. The largest absolute Gasteiger partial charge is 0.311 e. The van der Waals surface area contributed by atoms with Crippen LogP contribution in [0, 0.1) is 0 Å². The quantitative estimate of drug-likeness (QED) is 0.542. The number of piperazine rings is 3. The highest BCUT2D eigenvalue weighted by molar-refractivity contribution is 5.15. The second-order valence-electron chi connectivity index (χ2n) is 5.97. The van der Waals surface area contributed by atoms with Crippen LogP contribution in [0.4, 0.5) is 4.48 Å². The van der Waals surface area contributed by atoms with Crippen molar-refractivity contribution in [2.45, 2.75) is 12.5 Å². The van der Waals surface area contributed by atoms with Gasteiger partial charge in [0.15, 0.2) is 19.1 Å². The summed E-state index contributed by atoms with van der Waals surface area (Å²) in [6.07, 6.45) is 0.880. The van der Waals surface area contributed by atoms with E-state index in [4.69, 9.17) is 0 Å². The third-order valence-electron chi connectivity index (χ3n) is 4.64. The lowest BCUT2D eigenvalue weighted by atomic mass is 9.97. The average molecular weight is 236 g/mol. The molecule has 3 heteroatoms. The van der Waals surface area contributed by atoms with Crippen molar-refractivity contribution in [1.29, 1.82) is 0 Å². The summed E-state index contributed by atoms with van der Waals surface area (Å²) in [4.78, 5) is 0. The van der Waals surface area contributed by atoms with E-state index in [1.807, 2.05) is 18.2 Å². The molecule has 2 bridgehead atoms. The van der Waals surface area contributed by atoms with Gasteiger partial charge in [-0.1, -0.05) is 30.3 Å². The summed E-state index contributed by atoms with van der Waals surface area (Å²) in [6, 6.07) is 10.5. The first-order valence-corrected chi connectivity index (χ1v) is 6.54. The number of hydrogen-bond donors (Lipinski definition) is 0. The van der Waals surface area contributed by atoms with E-state index in [9.17, 15) is 4.48 Å². The first-order valence-electron chi connectivity index (χ1n) is 6.54. The molecule has 1 aromatic rings. The van der Waals surface area contributed by atoms with Gasteiger partial charge in [-0.25, -0.2) is 0 Å². The Labute approximate surface area is 102 Å². The van der Waals surface area contributed by atoms with Crippen LogP contribution in [-0.2, 0) is 6.42 Å². The lowest BCUT2D eigenvalue weighted by molar-refractivity contribution is -1.16. The summed E-state index contributed by atoms with van der Waals surface area (Å²) < 4.78 is 15.7. The van der Waals surface area contributed by atoms with Crippen molar-refractivity contribution in [2.75, 3.05) is 39.8 Å². The van der Waals surface area contributed by atoms with Gasteiger partial charge in [0.05, 0.1) is 7.05 Å². The molecule has 3 fully saturated rings. The SMILES string of the molecule is C[N+]12CC[N+](F)(CC1)[C@H](Cc1ccccc1)C2. The summed E-state index contributed by atoms with van der Waals surface area (Å²) in [5.74, 6) is 0. The molecule has 0 spiro atoms. The number of nitrogens with zero attached hydrogens (tertiary/aromatic N) is 2. The van der Waals surface area contributed by atoms with Crippen LogP contribution < -0.4 is 0 Å². The molecule has 3 aliphatic rings. The molecule has 0 amide bonds. The molecule has 3 aliphatic heterocycles. The van der Waals surface area contributed by atoms with Crippen LogP contribution in [0.2, 0.25) is 0 Å². The van der Waals surface area contributed by atoms with Crippen molar-refractivity contribution >= 4 is 0 Å². The zero-order valence-electron chi connectivity index (χ0n) is 10.5. The Morgan fingerprint density at radius 2 is 1.76 bits per heavy atom. The third-order valence-corrected chi connectivity index (χ3v) is 4.64. The molecule has 0 saturated carbocycles. The van der Waals surface area contributed by atoms with Gasteiger partial charge in [-0.15, -0.1) is 4.71 Å². The molecule has 0 N–H and O–H groups in total. The minimum absolute atomic E-state index is 0.157. The lowest BCUT2D eigenvalue weighted by Gasteiger charge is -2.52. The fourth-order valence-corrected chi connectivity index (χ4v) is 3.36. The summed E-state index contributed by atoms with van der Waals surface area (Å²) in [6.45, 7) is 4.40. The molecule has 1 aromatic carbocycles. The molecule has 0 unspecified atom stereocenters. The topological polar surface area (TPSA) is 0 Å². The molecule has 3 heterocycles. The van der Waals surface area contributed by atoms with Gasteiger partial charge in [0.1, 0.15) is 19.6 Å². The van der Waals surface area contributed by atoms with E-state index in [1.165, 1.54) is 5.56 Å². The Morgan fingerprint density at radius 1 is 1.12 bits per heavy atom. The zero-order valence-corrected chi connectivity index (χ0v) is 10.5. The Hall–Kier alpha value is -0.930. The number of rotatable bonds is 2. The van der Waals surface area contributed by atoms with E-state index >= 15 is 0 Å². The highest BCUT2D eigenvalue weighted by Gasteiger charge is 2.55. The van der Waals surface area contributed by atoms with Gasteiger partial charge in [0.25, 0.3) is 0 Å². The van der Waals surface area contributed by atoms with Gasteiger partial charge < -0.3 is 4.48 Å². The number of likely N-dealkylation sites (N-methyl/N-ethyl adjacent to an activating group) is 1. The van der Waals surface area contributed by atoms with Gasteiger partial charge in [-0.2, -0.15) is 0 Å². The van der Waals surface area contributed by atoms with Gasteiger partial charge in [0.2, 0.25) is 0 Å². The Kier molecular flexibility index (Phi) is 2.49. The monoisotopic (exact) mass is 236 g/mol. The first kappa shape index (κ1) is 11.2. The molecule has 0 aliphatic carbocycles. The van der Waals surface area contributed by atoms with Crippen LogP contribution in [-0.4, -0.2) is 55.0 Å². The maximum Gasteiger partial charge on any atom is 0.178 e. The van der Waals surface area contributed by atoms with Gasteiger partial charge in [-0.05, 0) is 10.0 Å². The summed E-state index contributed by atoms with van der Waals surface area (Å²) >= 11 is 0. The number of hydrogen-bond acceptors (Lipinski definition) is 0. The minimum atomic E-state index is -0.192. The number of quaternary nitrogens is 2. The number of benzene rings is 1. The van der Waals surface area contributed by atoms with Crippen molar-refractivity contribution in [3.63, 3.8) is 0 Å². The normalized spacial score (nSPS) is 40.5. The fraction of sp³-hybridized carbons (Fsp3) is 0.571. The number of fused-ring (bicyclic) bond motifs is 3. The van der Waals surface area contributed by atoms with E-state index in [0.29, 0.717) is 13.1 Å². The van der Waals surface area contributed by atoms with Gasteiger partial charge >= 0.3 is 0 Å². The standard InChI is InChI=1S/C14H21FN2/c1-16-7-9-17(15,10-8-16)14(12-16)11-13-5-3-2-4-6-13/h2-6,14H,7-12H2,1H3/q+2/t14-,16?,17?/m1/s1. The molecule has 3 saturated heterocycles. The fourth-order valence-electron chi connectivity index (χ4n) is 3.36. The van der Waals surface area contributed by atoms with Crippen molar-refractivity contribution in [3.8, 4) is 0 Å². The predicted octanol–water partition coefficient (Wildman–Crippen LogP) is 1.77. The van der Waals surface area contributed by atoms with E-state index in [0.717, 1.165) is 30.5 Å². The highest BCUT2D eigenvalue weighted by Crippen LogP contribution is 2.32. The van der Waals surface area contributed by atoms with Crippen LogP contribution in [0.3, 0.4) is 0 Å².